The smallest absolute Gasteiger partial charge is 0.279 e. The van der Waals surface area contributed by atoms with Gasteiger partial charge in [0.05, 0.1) is 12.1 Å². The highest BCUT2D eigenvalue weighted by atomic mass is 32.2. The first-order chi connectivity index (χ1) is 7.34. The molecule has 1 aliphatic rings. The summed E-state index contributed by atoms with van der Waals surface area (Å²) < 4.78 is 27.6. The number of nitrogens with one attached hydrogen (secondary N) is 1. The number of hydrogen-bond donors (Lipinski definition) is 2. The van der Waals surface area contributed by atoms with Crippen molar-refractivity contribution < 1.29 is 13.5 Å². The van der Waals surface area contributed by atoms with Crippen molar-refractivity contribution in [3.05, 3.63) is 0 Å². The summed E-state index contributed by atoms with van der Waals surface area (Å²) in [6, 6.07) is -0.418. The lowest BCUT2D eigenvalue weighted by molar-refractivity contribution is 0.0632. The van der Waals surface area contributed by atoms with Gasteiger partial charge >= 0.3 is 0 Å². The second-order valence-electron chi connectivity index (χ2n) is 4.71. The van der Waals surface area contributed by atoms with Crippen LogP contribution in [0, 0.1) is 0 Å². The Labute approximate surface area is 98.0 Å². The van der Waals surface area contributed by atoms with Crippen molar-refractivity contribution in [3.8, 4) is 0 Å². The molecule has 0 saturated heterocycles. The summed E-state index contributed by atoms with van der Waals surface area (Å²) in [6.45, 7) is 3.56. The van der Waals surface area contributed by atoms with Gasteiger partial charge in [0, 0.05) is 13.1 Å². The van der Waals surface area contributed by atoms with Crippen molar-refractivity contribution in [3.63, 3.8) is 0 Å². The largest absolute Gasteiger partial charge is 0.391 e. The van der Waals surface area contributed by atoms with E-state index in [4.69, 9.17) is 0 Å². The summed E-state index contributed by atoms with van der Waals surface area (Å²) in [6.07, 6.45) is 2.83. The van der Waals surface area contributed by atoms with E-state index in [1.54, 1.807) is 13.8 Å². The predicted molar refractivity (Wildman–Crippen MR) is 63.2 cm³/mol. The van der Waals surface area contributed by atoms with E-state index >= 15 is 0 Å². The molecule has 16 heavy (non-hydrogen) atoms. The Kier molecular flexibility index (Phi) is 4.73. The van der Waals surface area contributed by atoms with Gasteiger partial charge < -0.3 is 5.11 Å². The van der Waals surface area contributed by atoms with Gasteiger partial charge in [0.15, 0.2) is 0 Å². The number of hydrogen-bond acceptors (Lipinski definition) is 3. The topological polar surface area (TPSA) is 69.6 Å². The molecular weight excluding hydrogens is 228 g/mol. The summed E-state index contributed by atoms with van der Waals surface area (Å²) in [5.74, 6) is 0. The fourth-order valence-electron chi connectivity index (χ4n) is 2.08. The van der Waals surface area contributed by atoms with Crippen LogP contribution in [0.15, 0.2) is 0 Å². The molecule has 1 aliphatic carbocycles. The third-order valence-electron chi connectivity index (χ3n) is 2.92. The van der Waals surface area contributed by atoms with E-state index in [2.05, 4.69) is 4.72 Å². The summed E-state index contributed by atoms with van der Waals surface area (Å²) in [4.78, 5) is 0. The SMILES string of the molecule is CC(C)NS(=O)(=O)N(C)C1CCCCC1O. The van der Waals surface area contributed by atoms with E-state index in [0.717, 1.165) is 19.3 Å². The maximum Gasteiger partial charge on any atom is 0.279 e. The van der Waals surface area contributed by atoms with Gasteiger partial charge in [-0.2, -0.15) is 17.4 Å². The molecule has 2 atom stereocenters. The minimum Gasteiger partial charge on any atom is -0.391 e. The highest BCUT2D eigenvalue weighted by Gasteiger charge is 2.33. The molecule has 0 aromatic carbocycles. The lowest BCUT2D eigenvalue weighted by Crippen LogP contribution is -2.51. The minimum absolute atomic E-state index is 0.131. The van der Waals surface area contributed by atoms with Crippen LogP contribution in [-0.2, 0) is 10.2 Å². The lowest BCUT2D eigenvalue weighted by Gasteiger charge is -2.34. The molecule has 5 nitrogen and oxygen atoms in total. The fraction of sp³-hybridized carbons (Fsp3) is 1.00. The number of rotatable bonds is 4. The summed E-state index contributed by atoms with van der Waals surface area (Å²) in [5, 5.41) is 9.80. The molecule has 0 radical (unpaired) electrons. The number of likely N-dealkylation sites (N-methyl/N-ethyl adjacent to an activating group) is 1. The van der Waals surface area contributed by atoms with Crippen molar-refractivity contribution >= 4 is 10.2 Å². The summed E-state index contributed by atoms with van der Waals surface area (Å²) >= 11 is 0. The Bertz CT molecular complexity index is 316. The first-order valence-corrected chi connectivity index (χ1v) is 7.22. The van der Waals surface area contributed by atoms with Crippen LogP contribution in [0.2, 0.25) is 0 Å². The molecule has 2 N–H and O–H groups in total. The van der Waals surface area contributed by atoms with Crippen LogP contribution < -0.4 is 4.72 Å². The van der Waals surface area contributed by atoms with Crippen LogP contribution in [0.4, 0.5) is 0 Å². The van der Waals surface area contributed by atoms with Crippen molar-refractivity contribution in [2.45, 2.75) is 57.7 Å². The number of nitrogens with zero attached hydrogens (tertiary/aromatic N) is 1. The van der Waals surface area contributed by atoms with E-state index in [-0.39, 0.29) is 12.1 Å². The van der Waals surface area contributed by atoms with Gasteiger partial charge in [-0.1, -0.05) is 12.8 Å². The van der Waals surface area contributed by atoms with Crippen molar-refractivity contribution in [2.24, 2.45) is 0 Å². The van der Waals surface area contributed by atoms with Gasteiger partial charge in [-0.25, -0.2) is 0 Å². The molecule has 0 aliphatic heterocycles. The molecule has 0 aromatic heterocycles. The monoisotopic (exact) mass is 250 g/mol. The Morgan fingerprint density at radius 1 is 1.31 bits per heavy atom. The zero-order valence-electron chi connectivity index (χ0n) is 10.2. The number of aliphatic hydroxyl groups is 1. The van der Waals surface area contributed by atoms with Crippen LogP contribution in [0.25, 0.3) is 0 Å². The second-order valence-corrected chi connectivity index (χ2v) is 6.47. The molecular formula is C10H22N2O3S. The molecule has 0 amide bonds. The maximum atomic E-state index is 11.9. The Morgan fingerprint density at radius 3 is 2.38 bits per heavy atom. The van der Waals surface area contributed by atoms with Crippen molar-refractivity contribution in [1.29, 1.82) is 0 Å². The first-order valence-electron chi connectivity index (χ1n) is 5.78. The van der Waals surface area contributed by atoms with Crippen LogP contribution in [0.1, 0.15) is 39.5 Å². The zero-order valence-corrected chi connectivity index (χ0v) is 11.0. The van der Waals surface area contributed by atoms with E-state index < -0.39 is 16.3 Å². The lowest BCUT2D eigenvalue weighted by atomic mass is 9.93. The Morgan fingerprint density at radius 2 is 1.88 bits per heavy atom. The van der Waals surface area contributed by atoms with E-state index in [0.29, 0.717) is 6.42 Å². The third-order valence-corrected chi connectivity index (χ3v) is 4.72. The van der Waals surface area contributed by atoms with Gasteiger partial charge in [0.25, 0.3) is 10.2 Å². The normalized spacial score (nSPS) is 27.6. The van der Waals surface area contributed by atoms with Crippen LogP contribution in [-0.4, -0.2) is 43.1 Å². The van der Waals surface area contributed by atoms with Crippen molar-refractivity contribution in [1.82, 2.24) is 9.03 Å². The summed E-state index contributed by atoms with van der Waals surface area (Å²) in [7, 11) is -1.94. The Hall–Kier alpha value is -0.170. The zero-order chi connectivity index (χ0) is 12.3. The molecule has 0 aromatic rings. The minimum atomic E-state index is -3.47. The molecule has 1 saturated carbocycles. The molecule has 0 bridgehead atoms. The molecule has 1 fully saturated rings. The molecule has 1 rings (SSSR count). The average Bonchev–Trinajstić information content (AvgIpc) is 2.15. The van der Waals surface area contributed by atoms with Gasteiger partial charge in [0.1, 0.15) is 0 Å². The Balaban J connectivity index is 2.71. The molecule has 6 heteroatoms. The van der Waals surface area contributed by atoms with E-state index in [1.807, 2.05) is 0 Å². The van der Waals surface area contributed by atoms with Gasteiger partial charge in [-0.15, -0.1) is 0 Å². The third kappa shape index (κ3) is 3.41. The standard InChI is InChI=1S/C10H22N2O3S/c1-8(2)11-16(14,15)12(3)9-6-4-5-7-10(9)13/h8-11,13H,4-7H2,1-3H3. The van der Waals surface area contributed by atoms with Gasteiger partial charge in [-0.05, 0) is 26.7 Å². The molecule has 0 heterocycles. The van der Waals surface area contributed by atoms with Crippen LogP contribution >= 0.6 is 0 Å². The molecule has 2 unspecified atom stereocenters. The molecule has 96 valence electrons. The quantitative estimate of drug-likeness (QED) is 0.762. The van der Waals surface area contributed by atoms with Crippen LogP contribution in [0.3, 0.4) is 0 Å². The van der Waals surface area contributed by atoms with Gasteiger partial charge in [-0.3, -0.25) is 0 Å². The van der Waals surface area contributed by atoms with E-state index in [9.17, 15) is 13.5 Å². The average molecular weight is 250 g/mol. The maximum absolute atomic E-state index is 11.9. The number of aliphatic hydroxyl groups excluding tert-OH is 1. The highest BCUT2D eigenvalue weighted by Crippen LogP contribution is 2.23. The predicted octanol–water partition coefficient (Wildman–Crippen LogP) is 0.464. The van der Waals surface area contributed by atoms with Crippen molar-refractivity contribution in [2.75, 3.05) is 7.05 Å². The fourth-order valence-corrected chi connectivity index (χ4v) is 3.44. The molecule has 0 spiro atoms. The second kappa shape index (κ2) is 5.44. The van der Waals surface area contributed by atoms with E-state index in [1.165, 1.54) is 11.4 Å². The highest BCUT2D eigenvalue weighted by molar-refractivity contribution is 7.87. The van der Waals surface area contributed by atoms with Gasteiger partial charge in [0.2, 0.25) is 0 Å². The summed E-state index contributed by atoms with van der Waals surface area (Å²) in [5.41, 5.74) is 0. The van der Waals surface area contributed by atoms with Crippen LogP contribution in [0.5, 0.6) is 0 Å². The first kappa shape index (κ1) is 13.9.